The summed E-state index contributed by atoms with van der Waals surface area (Å²) < 4.78 is 34.5. The number of likely N-dealkylation sites (N-methyl/N-ethyl adjacent to an activating group) is 1. The number of sulfonamides is 1. The summed E-state index contributed by atoms with van der Waals surface area (Å²) in [5.41, 5.74) is 1.28. The summed E-state index contributed by atoms with van der Waals surface area (Å²) in [6.45, 7) is 1.66. The van der Waals surface area contributed by atoms with Gasteiger partial charge in [0.1, 0.15) is 12.1 Å². The van der Waals surface area contributed by atoms with Crippen LogP contribution in [0, 0.1) is 0 Å². The van der Waals surface area contributed by atoms with Gasteiger partial charge in [-0.05, 0) is 36.8 Å². The van der Waals surface area contributed by atoms with Gasteiger partial charge in [0.25, 0.3) is 5.91 Å². The maximum atomic E-state index is 13.6. The van der Waals surface area contributed by atoms with E-state index in [9.17, 15) is 18.0 Å². The number of hydrogen-bond acceptors (Lipinski definition) is 5. The van der Waals surface area contributed by atoms with Gasteiger partial charge in [0, 0.05) is 19.2 Å². The molecule has 1 aliphatic heterocycles. The molecule has 1 saturated heterocycles. The number of piperidine rings is 1. The lowest BCUT2D eigenvalue weighted by molar-refractivity contribution is -0.144. The number of ketones is 1. The minimum Gasteiger partial charge on any atom is -0.364 e. The van der Waals surface area contributed by atoms with Gasteiger partial charge in [-0.15, -0.1) is 0 Å². The lowest BCUT2D eigenvalue weighted by Gasteiger charge is -2.43. The number of carbonyl (C=O) groups excluding carboxylic acids is 2. The van der Waals surface area contributed by atoms with Gasteiger partial charge in [-0.25, -0.2) is 8.42 Å². The fraction of sp³-hybridized carbons (Fsp3) is 0.259. The molecule has 0 N–H and O–H groups in total. The van der Waals surface area contributed by atoms with E-state index >= 15 is 0 Å². The second-order valence-electron chi connectivity index (χ2n) is 8.55. The van der Waals surface area contributed by atoms with Crippen molar-refractivity contribution < 1.29 is 22.7 Å². The lowest BCUT2D eigenvalue weighted by Crippen LogP contribution is -2.64. The molecule has 0 unspecified atom stereocenters. The number of nitrogens with zero attached hydrogens (tertiary/aromatic N) is 2. The summed E-state index contributed by atoms with van der Waals surface area (Å²) in [6.07, 6.45) is -1.04. The number of Topliss-reactive ketones (excluding diaryl/α,β-unsaturated/α-hetero) is 1. The monoisotopic (exact) mass is 492 g/mol. The summed E-state index contributed by atoms with van der Waals surface area (Å²) >= 11 is 0. The van der Waals surface area contributed by atoms with Crippen molar-refractivity contribution in [2.45, 2.75) is 36.6 Å². The van der Waals surface area contributed by atoms with E-state index in [1.165, 1.54) is 28.4 Å². The van der Waals surface area contributed by atoms with Crippen molar-refractivity contribution in [1.29, 1.82) is 0 Å². The zero-order valence-electron chi connectivity index (χ0n) is 19.7. The second kappa shape index (κ2) is 10.5. The molecule has 35 heavy (non-hydrogen) atoms. The molecule has 0 bridgehead atoms. The van der Waals surface area contributed by atoms with Crippen LogP contribution in [-0.2, 0) is 26.2 Å². The Morgan fingerprint density at radius 3 is 2.09 bits per heavy atom. The highest BCUT2D eigenvalue weighted by Crippen LogP contribution is 2.28. The summed E-state index contributed by atoms with van der Waals surface area (Å²) in [5, 5.41) is 0. The van der Waals surface area contributed by atoms with Crippen LogP contribution in [-0.4, -0.2) is 61.1 Å². The van der Waals surface area contributed by atoms with Crippen molar-refractivity contribution in [2.75, 3.05) is 13.6 Å². The zero-order valence-corrected chi connectivity index (χ0v) is 20.5. The van der Waals surface area contributed by atoms with Gasteiger partial charge >= 0.3 is 0 Å². The molecule has 1 aliphatic rings. The first-order chi connectivity index (χ1) is 16.8. The van der Waals surface area contributed by atoms with E-state index in [2.05, 4.69) is 0 Å². The van der Waals surface area contributed by atoms with Crippen LogP contribution in [0.1, 0.15) is 22.8 Å². The third-order valence-corrected chi connectivity index (χ3v) is 8.25. The maximum Gasteiger partial charge on any atom is 0.254 e. The molecule has 0 aromatic heterocycles. The Hall–Kier alpha value is -3.33. The van der Waals surface area contributed by atoms with Crippen LogP contribution in [0.2, 0.25) is 0 Å². The predicted octanol–water partition coefficient (Wildman–Crippen LogP) is 3.37. The van der Waals surface area contributed by atoms with E-state index in [0.717, 1.165) is 5.56 Å². The Balaban J connectivity index is 1.67. The molecule has 3 aromatic carbocycles. The molecule has 1 amide bonds. The van der Waals surface area contributed by atoms with Crippen molar-refractivity contribution in [1.82, 2.24) is 9.21 Å². The number of carbonyl (C=O) groups is 2. The van der Waals surface area contributed by atoms with E-state index in [-0.39, 0.29) is 29.7 Å². The molecule has 3 aromatic rings. The van der Waals surface area contributed by atoms with Crippen LogP contribution in [0.4, 0.5) is 0 Å². The Morgan fingerprint density at radius 1 is 0.943 bits per heavy atom. The average Bonchev–Trinajstić information content (AvgIpc) is 2.89. The first-order valence-electron chi connectivity index (χ1n) is 11.4. The first-order valence-corrected chi connectivity index (χ1v) is 12.8. The number of benzene rings is 3. The SMILES string of the molecule is C[C@H]1[C@@H](OCc2ccccc2)C(=O)[C@@H](N(C)C(=O)c2ccccc2)CN1S(=O)(=O)c1ccccc1. The van der Waals surface area contributed by atoms with E-state index in [0.29, 0.717) is 5.56 Å². The molecule has 8 heteroatoms. The molecule has 0 radical (unpaired) electrons. The third kappa shape index (κ3) is 5.19. The van der Waals surface area contributed by atoms with Gasteiger partial charge in [-0.1, -0.05) is 66.7 Å². The smallest absolute Gasteiger partial charge is 0.254 e. The highest BCUT2D eigenvalue weighted by atomic mass is 32.2. The van der Waals surface area contributed by atoms with Crippen LogP contribution < -0.4 is 0 Å². The summed E-state index contributed by atoms with van der Waals surface area (Å²) in [4.78, 5) is 28.2. The minimum atomic E-state index is -3.94. The third-order valence-electron chi connectivity index (χ3n) is 6.28. The number of ether oxygens (including phenoxy) is 1. The normalized spacial score (nSPS) is 21.0. The van der Waals surface area contributed by atoms with Crippen LogP contribution >= 0.6 is 0 Å². The van der Waals surface area contributed by atoms with E-state index in [1.807, 2.05) is 30.3 Å². The van der Waals surface area contributed by atoms with Crippen molar-refractivity contribution >= 4 is 21.7 Å². The van der Waals surface area contributed by atoms with Gasteiger partial charge in [0.05, 0.1) is 17.5 Å². The quantitative estimate of drug-likeness (QED) is 0.505. The summed E-state index contributed by atoms with van der Waals surface area (Å²) in [5.74, 6) is -0.683. The van der Waals surface area contributed by atoms with Crippen LogP contribution in [0.3, 0.4) is 0 Å². The summed E-state index contributed by atoms with van der Waals surface area (Å²) in [7, 11) is -2.42. The largest absolute Gasteiger partial charge is 0.364 e. The fourth-order valence-electron chi connectivity index (χ4n) is 4.27. The van der Waals surface area contributed by atoms with Crippen molar-refractivity contribution in [3.8, 4) is 0 Å². The van der Waals surface area contributed by atoms with Gasteiger partial charge in [-0.2, -0.15) is 4.31 Å². The minimum absolute atomic E-state index is 0.124. The van der Waals surface area contributed by atoms with Crippen molar-refractivity contribution in [3.05, 3.63) is 102 Å². The molecule has 182 valence electrons. The van der Waals surface area contributed by atoms with Gasteiger partial charge in [-0.3, -0.25) is 9.59 Å². The van der Waals surface area contributed by atoms with Gasteiger partial charge in [0.15, 0.2) is 5.78 Å². The molecule has 1 fully saturated rings. The maximum absolute atomic E-state index is 13.6. The highest BCUT2D eigenvalue weighted by molar-refractivity contribution is 7.89. The zero-order chi connectivity index (χ0) is 25.0. The van der Waals surface area contributed by atoms with Crippen LogP contribution in [0.15, 0.2) is 95.9 Å². The Labute approximate surface area is 206 Å². The fourth-order valence-corrected chi connectivity index (χ4v) is 5.93. The molecule has 7 nitrogen and oxygen atoms in total. The van der Waals surface area contributed by atoms with Crippen molar-refractivity contribution in [2.24, 2.45) is 0 Å². The van der Waals surface area contributed by atoms with E-state index < -0.39 is 28.2 Å². The van der Waals surface area contributed by atoms with Crippen molar-refractivity contribution in [3.63, 3.8) is 0 Å². The number of hydrogen-bond donors (Lipinski definition) is 0. The number of amides is 1. The Morgan fingerprint density at radius 2 is 1.49 bits per heavy atom. The van der Waals surface area contributed by atoms with Gasteiger partial charge in [0.2, 0.25) is 10.0 Å². The molecule has 3 atom stereocenters. The van der Waals surface area contributed by atoms with Gasteiger partial charge < -0.3 is 9.64 Å². The first kappa shape index (κ1) is 24.8. The standard InChI is InChI=1S/C27H28N2O5S/c1-20-26(34-19-21-12-6-3-7-13-21)25(30)24(28(2)27(31)22-14-8-4-9-15-22)18-29(20)35(32,33)23-16-10-5-11-17-23/h3-17,20,24,26H,18-19H2,1-2H3/t20-,24-,26+/m0/s1. The van der Waals surface area contributed by atoms with E-state index in [1.54, 1.807) is 55.5 Å². The van der Waals surface area contributed by atoms with Crippen LogP contribution in [0.5, 0.6) is 0 Å². The predicted molar refractivity (Wildman–Crippen MR) is 132 cm³/mol. The second-order valence-corrected chi connectivity index (χ2v) is 10.4. The molecule has 0 aliphatic carbocycles. The Kier molecular flexibility index (Phi) is 7.45. The molecular weight excluding hydrogens is 464 g/mol. The molecular formula is C27H28N2O5S. The molecule has 0 saturated carbocycles. The number of rotatable bonds is 7. The Bertz CT molecular complexity index is 1270. The molecule has 4 rings (SSSR count). The average molecular weight is 493 g/mol. The lowest BCUT2D eigenvalue weighted by atomic mass is 9.95. The molecule has 0 spiro atoms. The topological polar surface area (TPSA) is 84.0 Å². The molecule has 1 heterocycles. The van der Waals surface area contributed by atoms with Crippen LogP contribution in [0.25, 0.3) is 0 Å². The van der Waals surface area contributed by atoms with E-state index in [4.69, 9.17) is 4.74 Å². The summed E-state index contributed by atoms with van der Waals surface area (Å²) in [6, 6.07) is 24.3. The highest BCUT2D eigenvalue weighted by Gasteiger charge is 2.48.